The molecule has 1 rings (SSSR count). The highest BCUT2D eigenvalue weighted by Gasteiger charge is 2.31. The molecule has 11 heteroatoms. The smallest absolute Gasteiger partial charge is 0.408 e. The molecule has 2 N–H and O–H groups in total. The minimum absolute atomic E-state index is 0.0386. The molecule has 0 bridgehead atoms. The molecule has 0 aliphatic carbocycles. The van der Waals surface area contributed by atoms with Crippen LogP contribution in [-0.4, -0.2) is 56.0 Å². The van der Waals surface area contributed by atoms with E-state index in [1.165, 1.54) is 6.92 Å². The van der Waals surface area contributed by atoms with Crippen molar-refractivity contribution in [2.45, 2.75) is 32.1 Å². The van der Waals surface area contributed by atoms with E-state index < -0.39 is 52.5 Å². The van der Waals surface area contributed by atoms with E-state index in [1.807, 2.05) is 0 Å². The van der Waals surface area contributed by atoms with Crippen LogP contribution in [0.2, 0.25) is 0 Å². The van der Waals surface area contributed by atoms with Gasteiger partial charge in [-0.05, 0) is 12.5 Å². The zero-order valence-corrected chi connectivity index (χ0v) is 15.6. The van der Waals surface area contributed by atoms with Gasteiger partial charge in [-0.25, -0.2) is 9.59 Å². The second-order valence-electron chi connectivity index (χ2n) is 5.44. The van der Waals surface area contributed by atoms with E-state index in [0.29, 0.717) is 0 Å². The van der Waals surface area contributed by atoms with Gasteiger partial charge in [0, 0.05) is 0 Å². The Labute approximate surface area is 156 Å². The molecule has 0 aromatic heterocycles. The Morgan fingerprint density at radius 2 is 1.81 bits per heavy atom. The Morgan fingerprint density at radius 1 is 1.19 bits per heavy atom. The number of nitrogens with one attached hydrogen (secondary N) is 1. The summed E-state index contributed by atoms with van der Waals surface area (Å²) in [6.07, 6.45) is -2.72. The molecule has 1 aromatic carbocycles. The molecular weight excluding hydrogens is 382 g/mol. The summed E-state index contributed by atoms with van der Waals surface area (Å²) in [6.45, 7) is 1.27. The fraction of sp³-hybridized carbons (Fsp3) is 0.438. The first-order valence-electron chi connectivity index (χ1n) is 7.82. The fourth-order valence-electron chi connectivity index (χ4n) is 1.93. The van der Waals surface area contributed by atoms with Crippen LogP contribution < -0.4 is 5.32 Å². The van der Waals surface area contributed by atoms with Crippen molar-refractivity contribution in [3.8, 4) is 0 Å². The monoisotopic (exact) mass is 403 g/mol. The summed E-state index contributed by atoms with van der Waals surface area (Å²) in [7, 11) is -3.25. The highest BCUT2D eigenvalue weighted by molar-refractivity contribution is 7.85. The maximum atomic E-state index is 11.9. The van der Waals surface area contributed by atoms with E-state index in [1.54, 1.807) is 30.3 Å². The fourth-order valence-corrected chi connectivity index (χ4v) is 2.36. The van der Waals surface area contributed by atoms with Gasteiger partial charge in [-0.3, -0.25) is 9.35 Å². The second kappa shape index (κ2) is 10.5. The van der Waals surface area contributed by atoms with Crippen LogP contribution in [0.1, 0.15) is 18.9 Å². The van der Waals surface area contributed by atoms with Crippen LogP contribution >= 0.6 is 0 Å². The number of ether oxygens (including phenoxy) is 3. The third kappa shape index (κ3) is 9.01. The van der Waals surface area contributed by atoms with E-state index in [0.717, 1.165) is 12.7 Å². The minimum Gasteiger partial charge on any atom is -0.467 e. The van der Waals surface area contributed by atoms with Crippen molar-refractivity contribution in [3.63, 3.8) is 0 Å². The Balaban J connectivity index is 2.61. The first kappa shape index (κ1) is 22.4. The quantitative estimate of drug-likeness (QED) is 0.345. The van der Waals surface area contributed by atoms with Gasteiger partial charge >= 0.3 is 18.0 Å². The first-order chi connectivity index (χ1) is 12.6. The zero-order chi connectivity index (χ0) is 20.4. The average Bonchev–Trinajstić information content (AvgIpc) is 2.62. The number of hydrogen-bond acceptors (Lipinski definition) is 8. The number of hydrogen-bond donors (Lipinski definition) is 2. The number of alkyl carbamates (subject to hydrolysis) is 1. The van der Waals surface area contributed by atoms with E-state index in [4.69, 9.17) is 14.0 Å². The van der Waals surface area contributed by atoms with Crippen molar-refractivity contribution in [3.05, 3.63) is 35.9 Å². The molecule has 0 heterocycles. The Kier molecular flexibility index (Phi) is 8.69. The molecule has 0 aliphatic rings. The molecule has 1 aromatic rings. The molecule has 0 aliphatic heterocycles. The lowest BCUT2D eigenvalue weighted by Gasteiger charge is -2.22. The van der Waals surface area contributed by atoms with Gasteiger partial charge in [0.05, 0.1) is 19.3 Å². The van der Waals surface area contributed by atoms with Crippen LogP contribution in [0.5, 0.6) is 0 Å². The predicted octanol–water partition coefficient (Wildman–Crippen LogP) is 0.664. The summed E-state index contributed by atoms with van der Waals surface area (Å²) >= 11 is 0. The van der Waals surface area contributed by atoms with E-state index in [2.05, 4.69) is 10.1 Å². The molecule has 2 unspecified atom stereocenters. The van der Waals surface area contributed by atoms with Crippen LogP contribution in [0.3, 0.4) is 0 Å². The van der Waals surface area contributed by atoms with E-state index >= 15 is 0 Å². The third-order valence-corrected chi connectivity index (χ3v) is 4.01. The summed E-state index contributed by atoms with van der Waals surface area (Å²) in [5.74, 6) is -2.69. The van der Waals surface area contributed by atoms with E-state index in [-0.39, 0.29) is 6.61 Å². The molecule has 1 amide bonds. The molecule has 27 heavy (non-hydrogen) atoms. The highest BCUT2D eigenvalue weighted by atomic mass is 32.2. The minimum atomic E-state index is -4.33. The molecule has 0 saturated heterocycles. The molecule has 2 atom stereocenters. The van der Waals surface area contributed by atoms with Gasteiger partial charge in [-0.1, -0.05) is 30.3 Å². The number of rotatable bonds is 9. The maximum Gasteiger partial charge on any atom is 0.408 e. The summed E-state index contributed by atoms with van der Waals surface area (Å²) in [5.41, 5.74) is 0.729. The Bertz CT molecular complexity index is 748. The lowest BCUT2D eigenvalue weighted by Crippen LogP contribution is -2.50. The van der Waals surface area contributed by atoms with Gasteiger partial charge in [-0.2, -0.15) is 8.42 Å². The van der Waals surface area contributed by atoms with Crippen molar-refractivity contribution in [1.82, 2.24) is 5.32 Å². The van der Waals surface area contributed by atoms with Gasteiger partial charge in [-0.15, -0.1) is 0 Å². The lowest BCUT2D eigenvalue weighted by molar-refractivity contribution is -0.155. The highest BCUT2D eigenvalue weighted by Crippen LogP contribution is 2.06. The molecule has 0 fully saturated rings. The van der Waals surface area contributed by atoms with Crippen molar-refractivity contribution >= 4 is 28.1 Å². The van der Waals surface area contributed by atoms with Crippen LogP contribution in [0.25, 0.3) is 0 Å². The molecular formula is C16H21NO9S. The number of benzene rings is 1. The molecule has 0 saturated carbocycles. The van der Waals surface area contributed by atoms with Gasteiger partial charge < -0.3 is 19.5 Å². The summed E-state index contributed by atoms with van der Waals surface area (Å²) in [6, 6.07) is 7.45. The van der Waals surface area contributed by atoms with Crippen molar-refractivity contribution in [1.29, 1.82) is 0 Å². The lowest BCUT2D eigenvalue weighted by atomic mass is 10.2. The molecule has 150 valence electrons. The maximum absolute atomic E-state index is 11.9. The zero-order valence-electron chi connectivity index (χ0n) is 14.8. The molecule has 0 radical (unpaired) electrons. The number of carbonyl (C=O) groups is 3. The predicted molar refractivity (Wildman–Crippen MR) is 92.2 cm³/mol. The summed E-state index contributed by atoms with van der Waals surface area (Å²) in [5, 5.41) is 2.23. The number of carbonyl (C=O) groups excluding carboxylic acids is 3. The van der Waals surface area contributed by atoms with Gasteiger partial charge in [0.25, 0.3) is 10.1 Å². The van der Waals surface area contributed by atoms with Gasteiger partial charge in [0.2, 0.25) is 0 Å². The summed E-state index contributed by atoms with van der Waals surface area (Å²) < 4.78 is 44.4. The second-order valence-corrected chi connectivity index (χ2v) is 7.01. The number of esters is 2. The summed E-state index contributed by atoms with van der Waals surface area (Å²) in [4.78, 5) is 35.4. The Morgan fingerprint density at radius 3 is 2.37 bits per heavy atom. The Hall–Kier alpha value is -2.66. The largest absolute Gasteiger partial charge is 0.467 e. The van der Waals surface area contributed by atoms with Crippen molar-refractivity contribution in [2.75, 3.05) is 12.9 Å². The van der Waals surface area contributed by atoms with Gasteiger partial charge in [0.15, 0.2) is 6.04 Å². The molecule has 0 spiro atoms. The van der Waals surface area contributed by atoms with Crippen LogP contribution in [0, 0.1) is 0 Å². The number of methoxy groups -OCH3 is 1. The van der Waals surface area contributed by atoms with E-state index in [9.17, 15) is 22.8 Å². The van der Waals surface area contributed by atoms with Crippen molar-refractivity contribution in [2.24, 2.45) is 0 Å². The molecule has 10 nitrogen and oxygen atoms in total. The van der Waals surface area contributed by atoms with Crippen LogP contribution in [0.15, 0.2) is 30.3 Å². The number of amides is 1. The first-order valence-corrected chi connectivity index (χ1v) is 9.43. The third-order valence-electron chi connectivity index (χ3n) is 3.29. The van der Waals surface area contributed by atoms with Gasteiger partial charge in [0.1, 0.15) is 12.7 Å². The SMILES string of the molecule is COC(=O)C(NC(=O)OCc1ccccc1)C(C)OC(=O)CCS(=O)(=O)O. The average molecular weight is 403 g/mol. The normalized spacial score (nSPS) is 13.1. The standard InChI is InChI=1S/C16H21NO9S/c1-11(26-13(18)8-9-27(21,22)23)14(15(19)24-2)17-16(20)25-10-12-6-4-3-5-7-12/h3-7,11,14H,8-10H2,1-2H3,(H,17,20)(H,21,22,23). The topological polar surface area (TPSA) is 145 Å². The van der Waals surface area contributed by atoms with Crippen LogP contribution in [-0.2, 0) is 40.5 Å². The van der Waals surface area contributed by atoms with Crippen LogP contribution in [0.4, 0.5) is 4.79 Å². The van der Waals surface area contributed by atoms with Crippen molar-refractivity contribution < 1.29 is 41.6 Å².